The van der Waals surface area contributed by atoms with Gasteiger partial charge in [-0.2, -0.15) is 0 Å². The molecular weight excluding hydrogens is 242 g/mol. The second-order valence-electron chi connectivity index (χ2n) is 5.16. The maximum absolute atomic E-state index is 4.83. The van der Waals surface area contributed by atoms with Crippen LogP contribution < -0.4 is 0 Å². The fraction of sp³-hybridized carbons (Fsp3) is 0.211. The third-order valence-electron chi connectivity index (χ3n) is 3.89. The van der Waals surface area contributed by atoms with Gasteiger partial charge in [-0.15, -0.1) is 6.58 Å². The Bertz CT molecular complexity index is 625. The largest absolute Gasteiger partial charge is 0.288 e. The summed E-state index contributed by atoms with van der Waals surface area (Å²) in [5, 5.41) is 0. The van der Waals surface area contributed by atoms with Crippen LogP contribution in [-0.4, -0.2) is 12.3 Å². The van der Waals surface area contributed by atoms with E-state index in [-0.39, 0.29) is 0 Å². The molecule has 1 aliphatic heterocycles. The fourth-order valence-electron chi connectivity index (χ4n) is 2.93. The second kappa shape index (κ2) is 5.87. The molecule has 0 saturated carbocycles. The number of hydrogen-bond acceptors (Lipinski definition) is 1. The molecule has 0 fully saturated rings. The van der Waals surface area contributed by atoms with Crippen molar-refractivity contribution in [2.75, 3.05) is 6.54 Å². The van der Waals surface area contributed by atoms with Crippen molar-refractivity contribution in [1.29, 1.82) is 0 Å². The van der Waals surface area contributed by atoms with Crippen LogP contribution in [0.2, 0.25) is 0 Å². The first-order valence-corrected chi connectivity index (χ1v) is 7.18. The molecule has 0 amide bonds. The molecule has 1 aliphatic rings. The van der Waals surface area contributed by atoms with Crippen molar-refractivity contribution >= 4 is 5.71 Å². The van der Waals surface area contributed by atoms with Gasteiger partial charge in [0.2, 0.25) is 0 Å². The van der Waals surface area contributed by atoms with Crippen LogP contribution in [0, 0.1) is 0 Å². The molecule has 2 aromatic carbocycles. The molecule has 0 radical (unpaired) electrons. The average Bonchev–Trinajstić information content (AvgIpc) is 2.53. The molecule has 1 heterocycles. The summed E-state index contributed by atoms with van der Waals surface area (Å²) >= 11 is 0. The van der Waals surface area contributed by atoms with E-state index < -0.39 is 0 Å². The minimum absolute atomic E-state index is 0.315. The van der Waals surface area contributed by atoms with Gasteiger partial charge in [0.1, 0.15) is 0 Å². The van der Waals surface area contributed by atoms with Gasteiger partial charge in [0.15, 0.2) is 0 Å². The zero-order chi connectivity index (χ0) is 13.8. The molecule has 100 valence electrons. The van der Waals surface area contributed by atoms with Crippen molar-refractivity contribution in [3.05, 3.63) is 83.9 Å². The van der Waals surface area contributed by atoms with Gasteiger partial charge in [0.05, 0.1) is 5.71 Å². The van der Waals surface area contributed by atoms with Crippen molar-refractivity contribution in [3.8, 4) is 0 Å². The van der Waals surface area contributed by atoms with Crippen LogP contribution in [0.15, 0.2) is 72.2 Å². The predicted molar refractivity (Wildman–Crippen MR) is 85.5 cm³/mol. The predicted octanol–water partition coefficient (Wildman–Crippen LogP) is 4.39. The highest BCUT2D eigenvalue weighted by Gasteiger charge is 2.22. The molecule has 0 unspecified atom stereocenters. The third kappa shape index (κ3) is 2.44. The van der Waals surface area contributed by atoms with Crippen LogP contribution in [0.5, 0.6) is 0 Å². The van der Waals surface area contributed by atoms with Crippen molar-refractivity contribution < 1.29 is 0 Å². The Kier molecular flexibility index (Phi) is 3.78. The van der Waals surface area contributed by atoms with Crippen molar-refractivity contribution in [3.63, 3.8) is 0 Å². The van der Waals surface area contributed by atoms with E-state index in [4.69, 9.17) is 4.99 Å². The highest BCUT2D eigenvalue weighted by atomic mass is 14.8. The van der Waals surface area contributed by atoms with E-state index in [0.29, 0.717) is 5.92 Å². The zero-order valence-electron chi connectivity index (χ0n) is 11.6. The Labute approximate surface area is 120 Å². The summed E-state index contributed by atoms with van der Waals surface area (Å²) in [7, 11) is 0. The number of rotatable bonds is 4. The van der Waals surface area contributed by atoms with E-state index in [1.807, 2.05) is 6.08 Å². The lowest BCUT2D eigenvalue weighted by atomic mass is 9.84. The van der Waals surface area contributed by atoms with Crippen LogP contribution in [0.3, 0.4) is 0 Å². The van der Waals surface area contributed by atoms with Crippen LogP contribution in [-0.2, 0) is 6.42 Å². The first-order valence-electron chi connectivity index (χ1n) is 7.18. The summed E-state index contributed by atoms with van der Waals surface area (Å²) in [5.41, 5.74) is 5.28. The molecule has 0 N–H and O–H groups in total. The van der Waals surface area contributed by atoms with Gasteiger partial charge < -0.3 is 0 Å². The summed E-state index contributed by atoms with van der Waals surface area (Å²) in [6.07, 6.45) is 3.98. The van der Waals surface area contributed by atoms with Gasteiger partial charge in [-0.05, 0) is 29.5 Å². The second-order valence-corrected chi connectivity index (χ2v) is 5.16. The van der Waals surface area contributed by atoms with Crippen LogP contribution >= 0.6 is 0 Å². The first kappa shape index (κ1) is 12.9. The Hall–Kier alpha value is -2.15. The molecule has 0 spiro atoms. The van der Waals surface area contributed by atoms with Gasteiger partial charge in [0, 0.05) is 12.5 Å². The number of fused-ring (bicyclic) bond motifs is 1. The quantitative estimate of drug-likeness (QED) is 0.724. The lowest BCUT2D eigenvalue weighted by Gasteiger charge is -2.24. The van der Waals surface area contributed by atoms with Crippen molar-refractivity contribution in [1.82, 2.24) is 0 Å². The zero-order valence-corrected chi connectivity index (χ0v) is 11.6. The van der Waals surface area contributed by atoms with Gasteiger partial charge in [-0.25, -0.2) is 0 Å². The lowest BCUT2D eigenvalue weighted by Crippen LogP contribution is -2.20. The summed E-state index contributed by atoms with van der Waals surface area (Å²) in [6, 6.07) is 19.3. The third-order valence-corrected chi connectivity index (χ3v) is 3.89. The minimum atomic E-state index is 0.315. The van der Waals surface area contributed by atoms with Gasteiger partial charge >= 0.3 is 0 Å². The number of benzene rings is 2. The summed E-state index contributed by atoms with van der Waals surface area (Å²) < 4.78 is 0. The minimum Gasteiger partial charge on any atom is -0.288 e. The van der Waals surface area contributed by atoms with E-state index in [1.54, 1.807) is 0 Å². The number of allylic oxidation sites excluding steroid dienone is 1. The maximum Gasteiger partial charge on any atom is 0.0501 e. The highest BCUT2D eigenvalue weighted by molar-refractivity contribution is 6.07. The number of nitrogens with zero attached hydrogens (tertiary/aromatic N) is 1. The van der Waals surface area contributed by atoms with E-state index in [0.717, 1.165) is 19.4 Å². The number of hydrogen-bond donors (Lipinski definition) is 0. The Morgan fingerprint density at radius 1 is 1.05 bits per heavy atom. The fourth-order valence-corrected chi connectivity index (χ4v) is 2.93. The average molecular weight is 261 g/mol. The highest BCUT2D eigenvalue weighted by Crippen LogP contribution is 2.29. The molecule has 0 aliphatic carbocycles. The smallest absolute Gasteiger partial charge is 0.0501 e. The molecule has 20 heavy (non-hydrogen) atoms. The molecule has 1 heteroatoms. The summed E-state index contributed by atoms with van der Waals surface area (Å²) in [5.74, 6) is 0.315. The van der Waals surface area contributed by atoms with Crippen molar-refractivity contribution in [2.24, 2.45) is 4.99 Å². The SMILES string of the molecule is C=CC[C@@H](C1=NCCc2ccccc21)c1ccccc1. The molecule has 0 saturated heterocycles. The van der Waals surface area contributed by atoms with Gasteiger partial charge in [-0.1, -0.05) is 60.7 Å². The summed E-state index contributed by atoms with van der Waals surface area (Å²) in [4.78, 5) is 4.83. The molecule has 1 atom stereocenters. The number of aliphatic imine (C=N–C) groups is 1. The van der Waals surface area contributed by atoms with E-state index in [1.165, 1.54) is 22.4 Å². The molecule has 2 aromatic rings. The maximum atomic E-state index is 4.83. The van der Waals surface area contributed by atoms with Crippen LogP contribution in [0.4, 0.5) is 0 Å². The molecule has 1 nitrogen and oxygen atoms in total. The Morgan fingerprint density at radius 2 is 1.80 bits per heavy atom. The van der Waals surface area contributed by atoms with E-state index >= 15 is 0 Å². The van der Waals surface area contributed by atoms with Crippen molar-refractivity contribution in [2.45, 2.75) is 18.8 Å². The van der Waals surface area contributed by atoms with Gasteiger partial charge in [-0.3, -0.25) is 4.99 Å². The van der Waals surface area contributed by atoms with Gasteiger partial charge in [0.25, 0.3) is 0 Å². The van der Waals surface area contributed by atoms with Crippen LogP contribution in [0.1, 0.15) is 29.0 Å². The molecule has 0 bridgehead atoms. The topological polar surface area (TPSA) is 12.4 Å². The normalized spacial score (nSPS) is 15.1. The lowest BCUT2D eigenvalue weighted by molar-refractivity contribution is 0.860. The Balaban J connectivity index is 2.04. The monoisotopic (exact) mass is 261 g/mol. The standard InChI is InChI=1S/C19H19N/c1-2-8-17(15-9-4-3-5-10-15)19-18-12-7-6-11-16(18)13-14-20-19/h2-7,9-12,17H,1,8,13-14H2/t17-/m1/s1. The molecular formula is C19H19N. The van der Waals surface area contributed by atoms with Crippen LogP contribution in [0.25, 0.3) is 0 Å². The van der Waals surface area contributed by atoms with E-state index in [9.17, 15) is 0 Å². The molecule has 3 rings (SSSR count). The summed E-state index contributed by atoms with van der Waals surface area (Å²) in [6.45, 7) is 4.82. The first-order chi connectivity index (χ1) is 9.90. The van der Waals surface area contributed by atoms with E-state index in [2.05, 4.69) is 61.2 Å². The Morgan fingerprint density at radius 3 is 2.60 bits per heavy atom. The molecule has 0 aromatic heterocycles.